The molecule has 1 rings (SSSR count). The molecule has 1 aliphatic carbocycles. The first-order chi connectivity index (χ1) is 17.1. The molecule has 1 aliphatic rings. The van der Waals surface area contributed by atoms with Crippen LogP contribution in [0.2, 0.25) is 0 Å². The lowest BCUT2D eigenvalue weighted by molar-refractivity contribution is -0.340. The van der Waals surface area contributed by atoms with Crippen molar-refractivity contribution >= 4 is 0 Å². The van der Waals surface area contributed by atoms with Crippen LogP contribution in [0.15, 0.2) is 36.3 Å². The van der Waals surface area contributed by atoms with Crippen LogP contribution in [0.4, 0.5) is 0 Å². The van der Waals surface area contributed by atoms with Crippen LogP contribution < -0.4 is 0 Å². The molecule has 0 N–H and O–H groups in total. The lowest BCUT2D eigenvalue weighted by atomic mass is 9.75. The minimum absolute atomic E-state index is 0.608. The predicted octanol–water partition coefficient (Wildman–Crippen LogP) is 10.6. The van der Waals surface area contributed by atoms with Crippen LogP contribution in [0.1, 0.15) is 144 Å². The fourth-order valence-electron chi connectivity index (χ4n) is 5.27. The van der Waals surface area contributed by atoms with Crippen molar-refractivity contribution in [2.24, 2.45) is 11.8 Å². The average molecular weight is 491 g/mol. The van der Waals surface area contributed by atoms with Gasteiger partial charge >= 0.3 is 5.97 Å². The van der Waals surface area contributed by atoms with E-state index in [0.717, 1.165) is 12.3 Å². The Kier molecular flexibility index (Phi) is 19.0. The second-order valence-electron chi connectivity index (χ2n) is 10.4. The fourth-order valence-corrected chi connectivity index (χ4v) is 5.27. The zero-order valence-corrected chi connectivity index (χ0v) is 24.0. The van der Waals surface area contributed by atoms with Gasteiger partial charge in [-0.25, -0.2) is 0 Å². The van der Waals surface area contributed by atoms with Crippen molar-refractivity contribution in [3.63, 3.8) is 0 Å². The van der Waals surface area contributed by atoms with E-state index in [0.29, 0.717) is 18.9 Å². The number of hydrogen-bond donors (Lipinski definition) is 0. The molecule has 0 heterocycles. The summed E-state index contributed by atoms with van der Waals surface area (Å²) in [6.07, 6.45) is 31.4. The maximum Gasteiger partial charge on any atom is 0.374 e. The van der Waals surface area contributed by atoms with Crippen LogP contribution in [-0.4, -0.2) is 12.6 Å². The molecule has 0 saturated heterocycles. The third-order valence-corrected chi connectivity index (χ3v) is 7.47. The Hall–Kier alpha value is -1.22. The standard InChI is InChI=1S/C32H58O3/c1-6-11-13-15-16-17-18-20-29-21-23-31(24-22-29)30(10-5)28-32(33-25-8-3,34-26-9-4)35-27-19-14-12-7-2/h8-10,25-26,29,31H,6-7,11-24,27-28H2,1-5H3/b25-8+,26-9+,30-10-. The van der Waals surface area contributed by atoms with E-state index in [2.05, 4.69) is 26.8 Å². The van der Waals surface area contributed by atoms with Gasteiger partial charge in [0.15, 0.2) is 0 Å². The van der Waals surface area contributed by atoms with E-state index in [-0.39, 0.29) is 0 Å². The molecule has 0 bridgehead atoms. The zero-order valence-electron chi connectivity index (χ0n) is 24.0. The largest absolute Gasteiger partial charge is 0.438 e. The second kappa shape index (κ2) is 20.9. The number of ether oxygens (including phenoxy) is 3. The highest BCUT2D eigenvalue weighted by molar-refractivity contribution is 5.09. The van der Waals surface area contributed by atoms with Crippen molar-refractivity contribution in [2.45, 2.75) is 150 Å². The van der Waals surface area contributed by atoms with E-state index in [1.165, 1.54) is 102 Å². The molecule has 1 fully saturated rings. The highest BCUT2D eigenvalue weighted by atomic mass is 16.9. The molecular weight excluding hydrogens is 432 g/mol. The van der Waals surface area contributed by atoms with Crippen LogP contribution in [0, 0.1) is 11.8 Å². The van der Waals surface area contributed by atoms with Gasteiger partial charge in [-0.15, -0.1) is 0 Å². The molecule has 0 aromatic heterocycles. The predicted molar refractivity (Wildman–Crippen MR) is 151 cm³/mol. The van der Waals surface area contributed by atoms with Crippen molar-refractivity contribution in [3.05, 3.63) is 36.3 Å². The Morgan fingerprint density at radius 3 is 1.80 bits per heavy atom. The van der Waals surface area contributed by atoms with E-state index < -0.39 is 5.97 Å². The van der Waals surface area contributed by atoms with Crippen LogP contribution in [-0.2, 0) is 14.2 Å². The Balaban J connectivity index is 2.62. The quantitative estimate of drug-likeness (QED) is 0.0693. The first-order valence-electron chi connectivity index (χ1n) is 15.0. The smallest absolute Gasteiger partial charge is 0.374 e. The van der Waals surface area contributed by atoms with Gasteiger partial charge < -0.3 is 14.2 Å². The molecule has 0 spiro atoms. The SMILES string of the molecule is C/C=C(/CC(O/C=C/C)(O/C=C/C)OCCCCCC)C1CCC(CCCCCCCCC)CC1. The summed E-state index contributed by atoms with van der Waals surface area (Å²) in [6.45, 7) is 11.3. The van der Waals surface area contributed by atoms with Crippen LogP contribution in [0.3, 0.4) is 0 Å². The van der Waals surface area contributed by atoms with Crippen molar-refractivity contribution in [3.8, 4) is 0 Å². The highest BCUT2D eigenvalue weighted by Gasteiger charge is 2.38. The van der Waals surface area contributed by atoms with Gasteiger partial charge in [0, 0.05) is 0 Å². The van der Waals surface area contributed by atoms with Crippen LogP contribution >= 0.6 is 0 Å². The summed E-state index contributed by atoms with van der Waals surface area (Å²) >= 11 is 0. The minimum Gasteiger partial charge on any atom is -0.438 e. The summed E-state index contributed by atoms with van der Waals surface area (Å²) < 4.78 is 18.6. The van der Waals surface area contributed by atoms with E-state index in [4.69, 9.17) is 14.2 Å². The molecule has 0 aliphatic heterocycles. The van der Waals surface area contributed by atoms with Crippen molar-refractivity contribution < 1.29 is 14.2 Å². The fraction of sp³-hybridized carbons (Fsp3) is 0.812. The van der Waals surface area contributed by atoms with E-state index in [1.54, 1.807) is 12.5 Å². The molecule has 3 heteroatoms. The summed E-state index contributed by atoms with van der Waals surface area (Å²) in [5, 5.41) is 0. The maximum absolute atomic E-state index is 6.34. The molecule has 0 radical (unpaired) electrons. The van der Waals surface area contributed by atoms with Gasteiger partial charge in [0.1, 0.15) is 0 Å². The lowest BCUT2D eigenvalue weighted by Gasteiger charge is -2.36. The highest BCUT2D eigenvalue weighted by Crippen LogP contribution is 2.39. The first-order valence-corrected chi connectivity index (χ1v) is 15.0. The summed E-state index contributed by atoms with van der Waals surface area (Å²) in [4.78, 5) is 0. The first kappa shape index (κ1) is 31.8. The van der Waals surface area contributed by atoms with Gasteiger partial charge in [0.05, 0.1) is 25.6 Å². The monoisotopic (exact) mass is 490 g/mol. The third-order valence-electron chi connectivity index (χ3n) is 7.47. The van der Waals surface area contributed by atoms with Crippen LogP contribution in [0.5, 0.6) is 0 Å². The topological polar surface area (TPSA) is 27.7 Å². The molecule has 0 atom stereocenters. The van der Waals surface area contributed by atoms with Gasteiger partial charge in [-0.2, -0.15) is 0 Å². The number of unbranched alkanes of at least 4 members (excludes halogenated alkanes) is 9. The lowest BCUT2D eigenvalue weighted by Crippen LogP contribution is -2.38. The van der Waals surface area contributed by atoms with Crippen molar-refractivity contribution in [1.29, 1.82) is 0 Å². The molecule has 1 saturated carbocycles. The number of rotatable bonds is 21. The Morgan fingerprint density at radius 1 is 0.714 bits per heavy atom. The van der Waals surface area contributed by atoms with Gasteiger partial charge in [-0.1, -0.05) is 108 Å². The molecule has 0 aromatic rings. The molecule has 3 nitrogen and oxygen atoms in total. The summed E-state index contributed by atoms with van der Waals surface area (Å²) in [5.41, 5.74) is 1.42. The Labute approximate surface area is 218 Å². The van der Waals surface area contributed by atoms with E-state index in [1.807, 2.05) is 26.0 Å². The summed E-state index contributed by atoms with van der Waals surface area (Å²) in [5.74, 6) is 0.441. The molecule has 0 aromatic carbocycles. The van der Waals surface area contributed by atoms with Gasteiger partial charge in [0.25, 0.3) is 0 Å². The van der Waals surface area contributed by atoms with Gasteiger partial charge in [-0.3, -0.25) is 0 Å². The minimum atomic E-state index is -1.08. The molecule has 0 unspecified atom stereocenters. The Bertz CT molecular complexity index is 555. The average Bonchev–Trinajstić information content (AvgIpc) is 2.89. The Morgan fingerprint density at radius 2 is 1.26 bits per heavy atom. The van der Waals surface area contributed by atoms with Crippen molar-refractivity contribution in [2.75, 3.05) is 6.61 Å². The normalized spacial score (nSPS) is 19.6. The molecule has 35 heavy (non-hydrogen) atoms. The molecular formula is C32H58O3. The molecule has 0 amide bonds. The van der Waals surface area contributed by atoms with Gasteiger partial charge in [0.2, 0.25) is 0 Å². The van der Waals surface area contributed by atoms with Crippen molar-refractivity contribution in [1.82, 2.24) is 0 Å². The summed E-state index contributed by atoms with van der Waals surface area (Å²) in [6, 6.07) is 0. The number of hydrogen-bond acceptors (Lipinski definition) is 3. The molecule has 204 valence electrons. The number of allylic oxidation sites excluding steroid dienone is 3. The third kappa shape index (κ3) is 14.2. The second-order valence-corrected chi connectivity index (χ2v) is 10.4. The van der Waals surface area contributed by atoms with E-state index in [9.17, 15) is 0 Å². The zero-order chi connectivity index (χ0) is 25.6. The van der Waals surface area contributed by atoms with E-state index >= 15 is 0 Å². The summed E-state index contributed by atoms with van der Waals surface area (Å²) in [7, 11) is 0. The maximum atomic E-state index is 6.34. The van der Waals surface area contributed by atoms with Crippen LogP contribution in [0.25, 0.3) is 0 Å². The van der Waals surface area contributed by atoms with Gasteiger partial charge in [-0.05, 0) is 64.7 Å².